The average molecular weight is 386 g/mol. The van der Waals surface area contributed by atoms with Crippen LogP contribution >= 0.6 is 0 Å². The number of rotatable bonds is 7. The van der Waals surface area contributed by atoms with Gasteiger partial charge < -0.3 is 19.5 Å². The van der Waals surface area contributed by atoms with E-state index in [1.54, 1.807) is 48.5 Å². The van der Waals surface area contributed by atoms with E-state index < -0.39 is 24.0 Å². The zero-order valence-electron chi connectivity index (χ0n) is 15.9. The molecular weight excluding hydrogens is 364 g/mol. The van der Waals surface area contributed by atoms with Gasteiger partial charge in [-0.3, -0.25) is 14.9 Å². The van der Waals surface area contributed by atoms with E-state index in [4.69, 9.17) is 14.2 Å². The van der Waals surface area contributed by atoms with E-state index in [1.807, 2.05) is 0 Å². The van der Waals surface area contributed by atoms with Crippen LogP contribution in [0.25, 0.3) is 0 Å². The Balaban J connectivity index is 2.16. The van der Waals surface area contributed by atoms with Crippen LogP contribution in [0.4, 0.5) is 4.79 Å². The average Bonchev–Trinajstić information content (AvgIpc) is 2.72. The lowest BCUT2D eigenvalue weighted by atomic mass is 10.1. The number of methoxy groups -OCH3 is 2. The van der Waals surface area contributed by atoms with Crippen LogP contribution < -0.4 is 20.1 Å². The lowest BCUT2D eigenvalue weighted by molar-refractivity contribution is -0.155. The summed E-state index contributed by atoms with van der Waals surface area (Å²) in [6.07, 6.45) is -1.34. The fourth-order valence-electron chi connectivity index (χ4n) is 2.47. The maximum absolute atomic E-state index is 12.4. The molecule has 2 N–H and O–H groups in total. The molecule has 8 nitrogen and oxygen atoms in total. The third kappa shape index (κ3) is 5.47. The second-order valence-electron chi connectivity index (χ2n) is 5.72. The van der Waals surface area contributed by atoms with Gasteiger partial charge in [-0.05, 0) is 17.7 Å². The van der Waals surface area contributed by atoms with Crippen LogP contribution in [0.1, 0.15) is 17.2 Å². The van der Waals surface area contributed by atoms with Crippen LogP contribution in [0.5, 0.6) is 11.5 Å². The number of ether oxygens (including phenoxy) is 3. The van der Waals surface area contributed by atoms with Crippen molar-refractivity contribution in [2.45, 2.75) is 12.5 Å². The number of hydrogen-bond acceptors (Lipinski definition) is 6. The molecule has 0 bridgehead atoms. The molecule has 0 aliphatic heterocycles. The Morgan fingerprint density at radius 1 is 0.964 bits per heavy atom. The zero-order chi connectivity index (χ0) is 20.5. The predicted molar refractivity (Wildman–Crippen MR) is 101 cm³/mol. The number of carbonyl (C=O) groups is 3. The Morgan fingerprint density at radius 2 is 1.64 bits per heavy atom. The highest BCUT2D eigenvalue weighted by Crippen LogP contribution is 2.28. The van der Waals surface area contributed by atoms with Gasteiger partial charge in [-0.15, -0.1) is 0 Å². The van der Waals surface area contributed by atoms with Gasteiger partial charge in [0.05, 0.1) is 20.6 Å². The molecule has 0 saturated heterocycles. The molecule has 0 aromatic heterocycles. The van der Waals surface area contributed by atoms with Crippen molar-refractivity contribution < 1.29 is 28.6 Å². The van der Waals surface area contributed by atoms with Crippen LogP contribution in [-0.2, 0) is 20.7 Å². The fraction of sp³-hybridized carbons (Fsp3) is 0.250. The van der Waals surface area contributed by atoms with E-state index in [0.29, 0.717) is 22.6 Å². The molecule has 148 valence electrons. The van der Waals surface area contributed by atoms with Gasteiger partial charge in [0.15, 0.2) is 11.5 Å². The molecule has 0 unspecified atom stereocenters. The van der Waals surface area contributed by atoms with Gasteiger partial charge in [0.1, 0.15) is 0 Å². The molecule has 0 spiro atoms. The Bertz CT molecular complexity index is 838. The summed E-state index contributed by atoms with van der Waals surface area (Å²) in [7, 11) is 4.39. The van der Waals surface area contributed by atoms with Crippen molar-refractivity contribution in [2.75, 3.05) is 21.3 Å². The van der Waals surface area contributed by atoms with Crippen LogP contribution in [0.15, 0.2) is 48.5 Å². The first kappa shape index (κ1) is 20.8. The fourth-order valence-corrected chi connectivity index (χ4v) is 2.47. The summed E-state index contributed by atoms with van der Waals surface area (Å²) >= 11 is 0. The van der Waals surface area contributed by atoms with Crippen LogP contribution in [0, 0.1) is 0 Å². The minimum atomic E-state index is -1.26. The molecular formula is C20H22N2O6. The Hall–Kier alpha value is -3.55. The van der Waals surface area contributed by atoms with E-state index in [-0.39, 0.29) is 6.42 Å². The van der Waals surface area contributed by atoms with E-state index in [1.165, 1.54) is 21.3 Å². The van der Waals surface area contributed by atoms with Crippen LogP contribution in [-0.4, -0.2) is 39.2 Å². The number of imide groups is 1. The van der Waals surface area contributed by atoms with Gasteiger partial charge in [-0.2, -0.15) is 0 Å². The minimum absolute atomic E-state index is 0.0864. The maximum Gasteiger partial charge on any atom is 0.321 e. The minimum Gasteiger partial charge on any atom is -0.493 e. The highest BCUT2D eigenvalue weighted by molar-refractivity contribution is 5.97. The first-order valence-corrected chi connectivity index (χ1v) is 8.46. The quantitative estimate of drug-likeness (QED) is 0.706. The van der Waals surface area contributed by atoms with Gasteiger partial charge in [-0.25, -0.2) is 4.79 Å². The maximum atomic E-state index is 12.4. The van der Waals surface area contributed by atoms with Crippen molar-refractivity contribution in [3.8, 4) is 11.5 Å². The molecule has 0 aliphatic rings. The molecule has 0 aliphatic carbocycles. The summed E-state index contributed by atoms with van der Waals surface area (Å²) in [5.41, 5.74) is 1.07. The van der Waals surface area contributed by atoms with Gasteiger partial charge in [0.2, 0.25) is 6.10 Å². The summed E-state index contributed by atoms with van der Waals surface area (Å²) in [6, 6.07) is 12.8. The van der Waals surface area contributed by atoms with Crippen LogP contribution in [0.3, 0.4) is 0 Å². The number of hydrogen-bond donors (Lipinski definition) is 2. The molecule has 0 radical (unpaired) electrons. The number of urea groups is 1. The normalized spacial score (nSPS) is 11.1. The van der Waals surface area contributed by atoms with Crippen molar-refractivity contribution in [3.05, 3.63) is 59.7 Å². The number of carbonyl (C=O) groups excluding carboxylic acids is 3. The highest BCUT2D eigenvalue weighted by atomic mass is 16.5. The lowest BCUT2D eigenvalue weighted by Gasteiger charge is -2.18. The molecule has 0 heterocycles. The molecule has 3 amide bonds. The van der Waals surface area contributed by atoms with E-state index in [2.05, 4.69) is 10.6 Å². The largest absolute Gasteiger partial charge is 0.493 e. The molecule has 28 heavy (non-hydrogen) atoms. The summed E-state index contributed by atoms with van der Waals surface area (Å²) in [5.74, 6) is -0.365. The predicted octanol–water partition coefficient (Wildman–Crippen LogP) is 1.99. The molecule has 1 atom stereocenters. The first-order valence-electron chi connectivity index (χ1n) is 8.46. The third-order valence-electron chi connectivity index (χ3n) is 3.85. The SMILES string of the molecule is CNC(=O)NC(=O)[C@H](OC(=O)Cc1ccc(OC)c(OC)c1)c1ccccc1. The van der Waals surface area contributed by atoms with E-state index in [0.717, 1.165) is 0 Å². The monoisotopic (exact) mass is 386 g/mol. The number of amides is 3. The molecule has 2 aromatic rings. The third-order valence-corrected chi connectivity index (χ3v) is 3.85. The number of nitrogens with one attached hydrogen (secondary N) is 2. The molecule has 0 saturated carbocycles. The zero-order valence-corrected chi connectivity index (χ0v) is 15.9. The van der Waals surface area contributed by atoms with Crippen molar-refractivity contribution in [3.63, 3.8) is 0 Å². The standard InChI is InChI=1S/C20H22N2O6/c1-21-20(25)22-19(24)18(14-7-5-4-6-8-14)28-17(23)12-13-9-10-15(26-2)16(11-13)27-3/h4-11,18H,12H2,1-3H3,(H2,21,22,24,25)/t18-/m1/s1. The van der Waals surface area contributed by atoms with Crippen molar-refractivity contribution in [1.29, 1.82) is 0 Å². The molecule has 0 fully saturated rings. The molecule has 8 heteroatoms. The Labute approximate surface area is 162 Å². The Morgan fingerprint density at radius 3 is 2.25 bits per heavy atom. The lowest BCUT2D eigenvalue weighted by Crippen LogP contribution is -2.41. The molecule has 2 aromatic carbocycles. The highest BCUT2D eigenvalue weighted by Gasteiger charge is 2.26. The second kappa shape index (κ2) is 9.96. The Kier molecular flexibility index (Phi) is 7.38. The van der Waals surface area contributed by atoms with Crippen LogP contribution in [0.2, 0.25) is 0 Å². The van der Waals surface area contributed by atoms with Gasteiger partial charge >= 0.3 is 12.0 Å². The van der Waals surface area contributed by atoms with Crippen molar-refractivity contribution >= 4 is 17.9 Å². The topological polar surface area (TPSA) is 103 Å². The second-order valence-corrected chi connectivity index (χ2v) is 5.72. The molecule has 2 rings (SSSR count). The number of esters is 1. The first-order chi connectivity index (χ1) is 13.5. The van der Waals surface area contributed by atoms with Gasteiger partial charge in [0.25, 0.3) is 5.91 Å². The summed E-state index contributed by atoms with van der Waals surface area (Å²) in [6.45, 7) is 0. The van der Waals surface area contributed by atoms with Crippen molar-refractivity contribution in [1.82, 2.24) is 10.6 Å². The summed E-state index contributed by atoms with van der Waals surface area (Å²) < 4.78 is 15.8. The van der Waals surface area contributed by atoms with Gasteiger partial charge in [0, 0.05) is 12.6 Å². The van der Waals surface area contributed by atoms with Crippen molar-refractivity contribution in [2.24, 2.45) is 0 Å². The van der Waals surface area contributed by atoms with Gasteiger partial charge in [-0.1, -0.05) is 36.4 Å². The summed E-state index contributed by atoms with van der Waals surface area (Å²) in [4.78, 5) is 36.3. The summed E-state index contributed by atoms with van der Waals surface area (Å²) in [5, 5.41) is 4.41. The van der Waals surface area contributed by atoms with E-state index >= 15 is 0 Å². The number of benzene rings is 2. The van der Waals surface area contributed by atoms with E-state index in [9.17, 15) is 14.4 Å². The smallest absolute Gasteiger partial charge is 0.321 e.